The Morgan fingerprint density at radius 3 is 0.677 bits per heavy atom. The summed E-state index contributed by atoms with van der Waals surface area (Å²) < 4.78 is 49.8. The molecule has 0 bridgehead atoms. The number of hydrogen-bond acceptors (Lipinski definition) is 10. The van der Waals surface area contributed by atoms with Gasteiger partial charge in [-0.05, 0) is 12.8 Å². The van der Waals surface area contributed by atoms with Crippen molar-refractivity contribution in [3.63, 3.8) is 0 Å². The molecule has 0 aliphatic carbocycles. The molecule has 0 saturated heterocycles. The lowest BCUT2D eigenvalue weighted by molar-refractivity contribution is -0.145. The molecule has 0 heterocycles. The van der Waals surface area contributed by atoms with Gasteiger partial charge in [-0.1, -0.05) is 200 Å². The van der Waals surface area contributed by atoms with Gasteiger partial charge >= 0.3 is 5.97 Å². The molecule has 0 aromatic rings. The monoisotopic (exact) mass is 889 g/mol. The van der Waals surface area contributed by atoms with Crippen molar-refractivity contribution in [2.45, 2.75) is 219 Å². The summed E-state index contributed by atoms with van der Waals surface area (Å²) in [5.41, 5.74) is 0. The summed E-state index contributed by atoms with van der Waals surface area (Å²) in [5, 5.41) is 0. The summed E-state index contributed by atoms with van der Waals surface area (Å²) in [6.07, 6.45) is 42.5. The predicted octanol–water partition coefficient (Wildman–Crippen LogP) is 13.2. The topological polar surface area (TPSA) is 100 Å². The van der Waals surface area contributed by atoms with Crippen molar-refractivity contribution in [2.24, 2.45) is 0 Å². The Morgan fingerprint density at radius 2 is 0.419 bits per heavy atom. The first-order valence-electron chi connectivity index (χ1n) is 26.6. The Kier molecular flexibility index (Phi) is 57.4. The lowest BCUT2D eigenvalue weighted by atomic mass is 10.0. The second-order valence-electron chi connectivity index (χ2n) is 17.1. The fourth-order valence-electron chi connectivity index (χ4n) is 7.32. The second-order valence-corrected chi connectivity index (χ2v) is 17.1. The molecule has 10 heteroatoms. The average Bonchev–Trinajstić information content (AvgIpc) is 3.28. The van der Waals surface area contributed by atoms with Crippen LogP contribution in [0.4, 0.5) is 0 Å². The molecule has 0 aliphatic heterocycles. The molecule has 0 spiro atoms. The van der Waals surface area contributed by atoms with Crippen LogP contribution in [-0.4, -0.2) is 118 Å². The lowest BCUT2D eigenvalue weighted by Gasteiger charge is -2.09. The largest absolute Gasteiger partial charge is 0.463 e. The molecule has 372 valence electrons. The van der Waals surface area contributed by atoms with Crippen LogP contribution in [0.1, 0.15) is 219 Å². The molecule has 0 aliphatic rings. The van der Waals surface area contributed by atoms with Crippen LogP contribution in [0.25, 0.3) is 0 Å². The molecule has 0 radical (unpaired) electrons. The SMILES string of the molecule is CCCCCCCCCCCCCCCCCCOCCOCCOCCOCCOCCOCCOCCOCCOC(=O)CCCCCCCCCCCCCCCCC. The lowest BCUT2D eigenvalue weighted by Crippen LogP contribution is -2.15. The van der Waals surface area contributed by atoms with Gasteiger partial charge in [-0.25, -0.2) is 0 Å². The molecule has 62 heavy (non-hydrogen) atoms. The zero-order chi connectivity index (χ0) is 44.6. The molecule has 0 N–H and O–H groups in total. The first-order chi connectivity index (χ1) is 30.8. The molecular weight excluding hydrogens is 785 g/mol. The molecule has 0 saturated carbocycles. The van der Waals surface area contributed by atoms with E-state index >= 15 is 0 Å². The van der Waals surface area contributed by atoms with Gasteiger partial charge in [0.15, 0.2) is 0 Å². The van der Waals surface area contributed by atoms with Crippen LogP contribution in [0.2, 0.25) is 0 Å². The van der Waals surface area contributed by atoms with Gasteiger partial charge in [0.25, 0.3) is 0 Å². The molecule has 0 fully saturated rings. The number of carbonyl (C=O) groups is 1. The van der Waals surface area contributed by atoms with Crippen LogP contribution in [-0.2, 0) is 47.4 Å². The van der Waals surface area contributed by atoms with E-state index in [-0.39, 0.29) is 5.97 Å². The summed E-state index contributed by atoms with van der Waals surface area (Å²) in [7, 11) is 0. The van der Waals surface area contributed by atoms with Gasteiger partial charge in [0, 0.05) is 13.0 Å². The summed E-state index contributed by atoms with van der Waals surface area (Å²) in [6.45, 7) is 13.6. The van der Waals surface area contributed by atoms with Crippen LogP contribution < -0.4 is 0 Å². The van der Waals surface area contributed by atoms with E-state index < -0.39 is 0 Å². The molecule has 0 rings (SSSR count). The zero-order valence-electron chi connectivity index (χ0n) is 41.2. The van der Waals surface area contributed by atoms with Gasteiger partial charge in [-0.2, -0.15) is 0 Å². The van der Waals surface area contributed by atoms with E-state index in [1.165, 1.54) is 180 Å². The number of hydrogen-bond donors (Lipinski definition) is 0. The summed E-state index contributed by atoms with van der Waals surface area (Å²) in [4.78, 5) is 11.9. The Balaban J connectivity index is 3.12. The highest BCUT2D eigenvalue weighted by Gasteiger charge is 2.03. The fourth-order valence-corrected chi connectivity index (χ4v) is 7.32. The third-order valence-electron chi connectivity index (χ3n) is 11.2. The molecular formula is C52H104O10. The highest BCUT2D eigenvalue weighted by Crippen LogP contribution is 2.15. The first-order valence-corrected chi connectivity index (χ1v) is 26.6. The minimum Gasteiger partial charge on any atom is -0.463 e. The van der Waals surface area contributed by atoms with Crippen LogP contribution in [0.5, 0.6) is 0 Å². The Bertz CT molecular complexity index is 804. The first kappa shape index (κ1) is 61.1. The minimum atomic E-state index is -0.123. The number of ether oxygens (including phenoxy) is 9. The van der Waals surface area contributed by atoms with Crippen molar-refractivity contribution in [2.75, 3.05) is 112 Å². The van der Waals surface area contributed by atoms with E-state index in [4.69, 9.17) is 42.6 Å². The van der Waals surface area contributed by atoms with E-state index in [1.807, 2.05) is 0 Å². The smallest absolute Gasteiger partial charge is 0.305 e. The van der Waals surface area contributed by atoms with Crippen molar-refractivity contribution in [1.29, 1.82) is 0 Å². The van der Waals surface area contributed by atoms with E-state index in [2.05, 4.69) is 13.8 Å². The Labute approximate surface area is 384 Å². The van der Waals surface area contributed by atoms with E-state index in [1.54, 1.807) is 0 Å². The fraction of sp³-hybridized carbons (Fsp3) is 0.981. The zero-order valence-corrected chi connectivity index (χ0v) is 41.2. The van der Waals surface area contributed by atoms with Crippen molar-refractivity contribution in [1.82, 2.24) is 0 Å². The summed E-state index contributed by atoms with van der Waals surface area (Å²) in [6, 6.07) is 0. The second kappa shape index (κ2) is 58.2. The van der Waals surface area contributed by atoms with Crippen molar-refractivity contribution >= 4 is 5.97 Å². The Hall–Kier alpha value is -0.850. The van der Waals surface area contributed by atoms with Crippen LogP contribution in [0.3, 0.4) is 0 Å². The summed E-state index contributed by atoms with van der Waals surface area (Å²) in [5.74, 6) is -0.123. The molecule has 0 unspecified atom stereocenters. The van der Waals surface area contributed by atoms with Crippen LogP contribution in [0, 0.1) is 0 Å². The highest BCUT2D eigenvalue weighted by molar-refractivity contribution is 5.69. The van der Waals surface area contributed by atoms with Crippen LogP contribution >= 0.6 is 0 Å². The van der Waals surface area contributed by atoms with E-state index in [0.717, 1.165) is 25.9 Å². The number of carbonyl (C=O) groups excluding carboxylic acids is 1. The minimum absolute atomic E-state index is 0.123. The quantitative estimate of drug-likeness (QED) is 0.0433. The van der Waals surface area contributed by atoms with E-state index in [0.29, 0.717) is 112 Å². The van der Waals surface area contributed by atoms with Gasteiger partial charge in [0.2, 0.25) is 0 Å². The molecule has 10 nitrogen and oxygen atoms in total. The van der Waals surface area contributed by atoms with Crippen molar-refractivity contribution < 1.29 is 47.4 Å². The maximum atomic E-state index is 11.9. The normalized spacial score (nSPS) is 11.6. The average molecular weight is 889 g/mol. The molecule has 0 amide bonds. The predicted molar refractivity (Wildman–Crippen MR) is 257 cm³/mol. The third kappa shape index (κ3) is 57.2. The number of unbranched alkanes of at least 4 members (excludes halogenated alkanes) is 29. The van der Waals surface area contributed by atoms with Gasteiger partial charge in [-0.15, -0.1) is 0 Å². The van der Waals surface area contributed by atoms with Gasteiger partial charge in [0.1, 0.15) is 6.61 Å². The number of esters is 1. The molecule has 0 aromatic carbocycles. The van der Waals surface area contributed by atoms with E-state index in [9.17, 15) is 4.79 Å². The molecule has 0 aromatic heterocycles. The van der Waals surface area contributed by atoms with Crippen molar-refractivity contribution in [3.8, 4) is 0 Å². The van der Waals surface area contributed by atoms with Crippen LogP contribution in [0.15, 0.2) is 0 Å². The molecule has 0 atom stereocenters. The van der Waals surface area contributed by atoms with Gasteiger partial charge < -0.3 is 42.6 Å². The summed E-state index contributed by atoms with van der Waals surface area (Å²) >= 11 is 0. The standard InChI is InChI=1S/C52H104O10/c1-3-5-7-9-11-13-15-17-19-21-23-25-27-29-31-33-35-54-36-37-55-38-39-56-40-41-57-42-43-58-44-45-59-46-47-60-48-49-61-50-51-62-52(53)34-32-30-28-26-24-22-20-18-16-14-12-10-8-6-4-2/h3-51H2,1-2H3. The van der Waals surface area contributed by atoms with Gasteiger partial charge in [0.05, 0.1) is 99.1 Å². The van der Waals surface area contributed by atoms with Gasteiger partial charge in [-0.3, -0.25) is 4.79 Å². The maximum absolute atomic E-state index is 11.9. The third-order valence-corrected chi connectivity index (χ3v) is 11.2. The maximum Gasteiger partial charge on any atom is 0.305 e. The van der Waals surface area contributed by atoms with Crippen molar-refractivity contribution in [3.05, 3.63) is 0 Å². The Morgan fingerprint density at radius 1 is 0.226 bits per heavy atom. The number of rotatable bonds is 57. The highest BCUT2D eigenvalue weighted by atomic mass is 16.6.